The monoisotopic (exact) mass is 262 g/mol. The summed E-state index contributed by atoms with van der Waals surface area (Å²) in [5.74, 6) is -0.426. The number of aryl methyl sites for hydroxylation is 1. The normalized spacial score (nSPS) is 10.3. The molecular formula is C13H14N2O2S. The molecule has 2 rings (SSSR count). The second-order valence-corrected chi connectivity index (χ2v) is 5.04. The summed E-state index contributed by atoms with van der Waals surface area (Å²) in [6.07, 6.45) is 1.04. The third-order valence-corrected chi connectivity index (χ3v) is 3.71. The smallest absolute Gasteiger partial charge is 0.354 e. The van der Waals surface area contributed by atoms with Gasteiger partial charge < -0.3 is 10.4 Å². The lowest BCUT2D eigenvalue weighted by molar-refractivity contribution is 0.0690. The standard InChI is InChI=1S/C13H14N2O2S/c1-2-9-6-7-10(18-9)8-14-12-5-3-4-11(15-12)13(16)17/h3-7H,2,8H2,1H3,(H,14,15)(H,16,17). The van der Waals surface area contributed by atoms with Crippen molar-refractivity contribution in [2.75, 3.05) is 5.32 Å². The molecule has 0 bridgehead atoms. The number of nitrogens with one attached hydrogen (secondary N) is 1. The number of hydrogen-bond acceptors (Lipinski definition) is 4. The van der Waals surface area contributed by atoms with E-state index in [4.69, 9.17) is 5.11 Å². The summed E-state index contributed by atoms with van der Waals surface area (Å²) in [6.45, 7) is 2.79. The molecular weight excluding hydrogens is 248 g/mol. The van der Waals surface area contributed by atoms with Gasteiger partial charge in [-0.25, -0.2) is 9.78 Å². The van der Waals surface area contributed by atoms with Gasteiger partial charge in [-0.15, -0.1) is 11.3 Å². The fourth-order valence-corrected chi connectivity index (χ4v) is 2.43. The van der Waals surface area contributed by atoms with E-state index in [0.717, 1.165) is 6.42 Å². The van der Waals surface area contributed by atoms with Crippen molar-refractivity contribution < 1.29 is 9.90 Å². The molecule has 2 aromatic rings. The van der Waals surface area contributed by atoms with Crippen LogP contribution in [0.3, 0.4) is 0 Å². The molecule has 0 saturated heterocycles. The summed E-state index contributed by atoms with van der Waals surface area (Å²) in [4.78, 5) is 17.4. The van der Waals surface area contributed by atoms with Crippen molar-refractivity contribution in [1.82, 2.24) is 4.98 Å². The Kier molecular flexibility index (Phi) is 3.94. The molecule has 2 aromatic heterocycles. The molecule has 94 valence electrons. The van der Waals surface area contributed by atoms with E-state index in [-0.39, 0.29) is 5.69 Å². The van der Waals surface area contributed by atoms with E-state index in [1.54, 1.807) is 23.5 Å². The number of aromatic nitrogens is 1. The largest absolute Gasteiger partial charge is 0.477 e. The van der Waals surface area contributed by atoms with Gasteiger partial charge >= 0.3 is 5.97 Å². The van der Waals surface area contributed by atoms with E-state index < -0.39 is 5.97 Å². The lowest BCUT2D eigenvalue weighted by Crippen LogP contribution is -2.04. The van der Waals surface area contributed by atoms with Crippen molar-refractivity contribution in [3.63, 3.8) is 0 Å². The van der Waals surface area contributed by atoms with Crippen LogP contribution in [0.2, 0.25) is 0 Å². The zero-order valence-electron chi connectivity index (χ0n) is 10.0. The van der Waals surface area contributed by atoms with E-state index in [1.807, 2.05) is 0 Å². The van der Waals surface area contributed by atoms with Crippen LogP contribution >= 0.6 is 11.3 Å². The van der Waals surface area contributed by atoms with Gasteiger partial charge in [0.05, 0.1) is 6.54 Å². The maximum absolute atomic E-state index is 10.8. The summed E-state index contributed by atoms with van der Waals surface area (Å²) in [5.41, 5.74) is 0.0560. The molecule has 4 nitrogen and oxygen atoms in total. The van der Waals surface area contributed by atoms with Crippen LogP contribution in [0.4, 0.5) is 5.82 Å². The molecule has 0 atom stereocenters. The lowest BCUT2D eigenvalue weighted by atomic mass is 10.3. The predicted molar refractivity (Wildman–Crippen MR) is 72.2 cm³/mol. The van der Waals surface area contributed by atoms with Gasteiger partial charge in [-0.05, 0) is 30.7 Å². The molecule has 0 saturated carbocycles. The Hall–Kier alpha value is -1.88. The number of carbonyl (C=O) groups is 1. The van der Waals surface area contributed by atoms with Crippen LogP contribution in [0, 0.1) is 0 Å². The summed E-state index contributed by atoms with van der Waals surface area (Å²) in [5, 5.41) is 12.0. The fourth-order valence-electron chi connectivity index (χ4n) is 1.54. The fraction of sp³-hybridized carbons (Fsp3) is 0.231. The molecule has 0 radical (unpaired) electrons. The van der Waals surface area contributed by atoms with Crippen molar-refractivity contribution in [1.29, 1.82) is 0 Å². The van der Waals surface area contributed by atoms with Crippen molar-refractivity contribution in [2.45, 2.75) is 19.9 Å². The zero-order valence-corrected chi connectivity index (χ0v) is 10.8. The average molecular weight is 262 g/mol. The highest BCUT2D eigenvalue weighted by atomic mass is 32.1. The van der Waals surface area contributed by atoms with Crippen molar-refractivity contribution in [2.24, 2.45) is 0 Å². The summed E-state index contributed by atoms with van der Waals surface area (Å²) >= 11 is 1.76. The lowest BCUT2D eigenvalue weighted by Gasteiger charge is -2.04. The molecule has 5 heteroatoms. The first-order valence-electron chi connectivity index (χ1n) is 5.71. The van der Waals surface area contributed by atoms with Crippen LogP contribution in [0.1, 0.15) is 27.2 Å². The highest BCUT2D eigenvalue weighted by Gasteiger charge is 2.05. The maximum atomic E-state index is 10.8. The molecule has 18 heavy (non-hydrogen) atoms. The summed E-state index contributed by atoms with van der Waals surface area (Å²) in [7, 11) is 0. The molecule has 0 amide bonds. The van der Waals surface area contributed by atoms with E-state index in [0.29, 0.717) is 12.4 Å². The minimum Gasteiger partial charge on any atom is -0.477 e. The second kappa shape index (κ2) is 5.64. The number of carboxylic acids is 1. The first-order valence-corrected chi connectivity index (χ1v) is 6.52. The topological polar surface area (TPSA) is 62.2 Å². The number of pyridine rings is 1. The first kappa shape index (κ1) is 12.6. The van der Waals surface area contributed by atoms with Crippen LogP contribution in [0.25, 0.3) is 0 Å². The Labute approximate surface area is 109 Å². The summed E-state index contributed by atoms with van der Waals surface area (Å²) in [6, 6.07) is 9.12. The highest BCUT2D eigenvalue weighted by molar-refractivity contribution is 7.12. The number of hydrogen-bond donors (Lipinski definition) is 2. The zero-order chi connectivity index (χ0) is 13.0. The van der Waals surface area contributed by atoms with Crippen LogP contribution in [-0.2, 0) is 13.0 Å². The molecule has 0 aliphatic heterocycles. The van der Waals surface area contributed by atoms with Gasteiger partial charge in [-0.2, -0.15) is 0 Å². The second-order valence-electron chi connectivity index (χ2n) is 3.79. The number of nitrogens with zero attached hydrogens (tertiary/aromatic N) is 1. The van der Waals surface area contributed by atoms with Crippen LogP contribution < -0.4 is 5.32 Å². The van der Waals surface area contributed by atoms with Gasteiger partial charge in [-0.1, -0.05) is 13.0 Å². The molecule has 0 aromatic carbocycles. The Balaban J connectivity index is 2.01. The maximum Gasteiger partial charge on any atom is 0.354 e. The first-order chi connectivity index (χ1) is 8.69. The van der Waals surface area contributed by atoms with Gasteiger partial charge in [0.25, 0.3) is 0 Å². The molecule has 2 N–H and O–H groups in total. The van der Waals surface area contributed by atoms with Gasteiger partial charge in [-0.3, -0.25) is 0 Å². The Bertz CT molecular complexity index is 551. The summed E-state index contributed by atoms with van der Waals surface area (Å²) < 4.78 is 0. The number of anilines is 1. The Morgan fingerprint density at radius 2 is 2.11 bits per heavy atom. The number of carboxylic acid groups (broad SMARTS) is 1. The van der Waals surface area contributed by atoms with Gasteiger partial charge in [0.2, 0.25) is 0 Å². The van der Waals surface area contributed by atoms with Crippen molar-refractivity contribution in [3.8, 4) is 0 Å². The van der Waals surface area contributed by atoms with Crippen LogP contribution in [-0.4, -0.2) is 16.1 Å². The van der Waals surface area contributed by atoms with E-state index in [2.05, 4.69) is 29.4 Å². The SMILES string of the molecule is CCc1ccc(CNc2cccc(C(=O)O)n2)s1. The Morgan fingerprint density at radius 3 is 2.78 bits per heavy atom. The van der Waals surface area contributed by atoms with Crippen molar-refractivity contribution >= 4 is 23.1 Å². The third-order valence-electron chi connectivity index (χ3n) is 2.48. The van der Waals surface area contributed by atoms with E-state index in [9.17, 15) is 4.79 Å². The third kappa shape index (κ3) is 3.07. The molecule has 0 fully saturated rings. The predicted octanol–water partition coefficient (Wildman–Crippen LogP) is 3.02. The number of rotatable bonds is 5. The minimum atomic E-state index is -1.01. The van der Waals surface area contributed by atoms with Crippen molar-refractivity contribution in [3.05, 3.63) is 45.8 Å². The van der Waals surface area contributed by atoms with Crippen LogP contribution in [0.5, 0.6) is 0 Å². The molecule has 0 aliphatic carbocycles. The number of aromatic carboxylic acids is 1. The quantitative estimate of drug-likeness (QED) is 0.869. The van der Waals surface area contributed by atoms with Gasteiger partial charge in [0.1, 0.15) is 5.82 Å². The molecule has 0 spiro atoms. The average Bonchev–Trinajstić information content (AvgIpc) is 2.84. The minimum absolute atomic E-state index is 0.0560. The van der Waals surface area contributed by atoms with E-state index >= 15 is 0 Å². The molecule has 0 aliphatic rings. The molecule has 0 unspecified atom stereocenters. The van der Waals surface area contributed by atoms with Crippen LogP contribution in [0.15, 0.2) is 30.3 Å². The van der Waals surface area contributed by atoms with Gasteiger partial charge in [0.15, 0.2) is 5.69 Å². The van der Waals surface area contributed by atoms with E-state index in [1.165, 1.54) is 15.8 Å². The highest BCUT2D eigenvalue weighted by Crippen LogP contribution is 2.18. The Morgan fingerprint density at radius 1 is 1.33 bits per heavy atom. The molecule has 2 heterocycles. The van der Waals surface area contributed by atoms with Gasteiger partial charge in [0, 0.05) is 9.75 Å². The number of thiophene rings is 1.